The highest BCUT2D eigenvalue weighted by atomic mass is 35.5. The molecule has 1 aliphatic heterocycles. The number of para-hydroxylation sites is 1. The van der Waals surface area contributed by atoms with Crippen LogP contribution >= 0.6 is 11.6 Å². The summed E-state index contributed by atoms with van der Waals surface area (Å²) < 4.78 is 16.6. The van der Waals surface area contributed by atoms with E-state index in [-0.39, 0.29) is 5.82 Å². The van der Waals surface area contributed by atoms with Gasteiger partial charge in [0.15, 0.2) is 5.15 Å². The number of halogens is 2. The molecule has 4 nitrogen and oxygen atoms in total. The van der Waals surface area contributed by atoms with Crippen molar-refractivity contribution >= 4 is 28.2 Å². The number of nitrogens with one attached hydrogen (secondary N) is 1. The first-order valence-electron chi connectivity index (χ1n) is 10.6. The van der Waals surface area contributed by atoms with Crippen molar-refractivity contribution in [2.24, 2.45) is 0 Å². The highest BCUT2D eigenvalue weighted by Crippen LogP contribution is 2.40. The maximum atomic E-state index is 14.4. The van der Waals surface area contributed by atoms with Gasteiger partial charge >= 0.3 is 0 Å². The molecule has 0 atom stereocenters. The van der Waals surface area contributed by atoms with E-state index < -0.39 is 0 Å². The lowest BCUT2D eigenvalue weighted by Gasteiger charge is -2.30. The summed E-state index contributed by atoms with van der Waals surface area (Å²) in [5.41, 5.74) is 5.84. The maximum absolute atomic E-state index is 14.4. The van der Waals surface area contributed by atoms with Gasteiger partial charge in [0.2, 0.25) is 0 Å². The Labute approximate surface area is 186 Å². The fourth-order valence-electron chi connectivity index (χ4n) is 4.52. The Morgan fingerprint density at radius 1 is 1.03 bits per heavy atom. The molecule has 0 amide bonds. The van der Waals surface area contributed by atoms with Gasteiger partial charge in [-0.2, -0.15) is 0 Å². The van der Waals surface area contributed by atoms with E-state index in [1.54, 1.807) is 12.3 Å². The van der Waals surface area contributed by atoms with Crippen LogP contribution in [0, 0.1) is 12.7 Å². The molecule has 6 heteroatoms. The molecular formula is C25H24ClFN4. The van der Waals surface area contributed by atoms with Gasteiger partial charge in [0, 0.05) is 49.9 Å². The molecule has 0 saturated carbocycles. The predicted molar refractivity (Wildman–Crippen MR) is 125 cm³/mol. The molecule has 0 unspecified atom stereocenters. The molecule has 1 aliphatic rings. The predicted octanol–water partition coefficient (Wildman–Crippen LogP) is 5.13. The Kier molecular flexibility index (Phi) is 5.38. The second kappa shape index (κ2) is 8.33. The van der Waals surface area contributed by atoms with E-state index in [2.05, 4.69) is 31.9 Å². The zero-order chi connectivity index (χ0) is 21.4. The van der Waals surface area contributed by atoms with E-state index in [1.165, 1.54) is 6.07 Å². The molecule has 4 aromatic rings. The first-order valence-corrected chi connectivity index (χ1v) is 11.0. The van der Waals surface area contributed by atoms with Crippen LogP contribution in [0.4, 0.5) is 10.1 Å². The lowest BCUT2D eigenvalue weighted by molar-refractivity contribution is 0.588. The molecule has 1 fully saturated rings. The van der Waals surface area contributed by atoms with Gasteiger partial charge in [0.1, 0.15) is 5.82 Å². The largest absolute Gasteiger partial charge is 0.367 e. The van der Waals surface area contributed by atoms with Crippen molar-refractivity contribution in [1.82, 2.24) is 14.9 Å². The zero-order valence-corrected chi connectivity index (χ0v) is 18.2. The molecule has 1 saturated heterocycles. The van der Waals surface area contributed by atoms with Crippen LogP contribution in [0.3, 0.4) is 0 Å². The smallest absolute Gasteiger partial charge is 0.153 e. The van der Waals surface area contributed by atoms with E-state index in [0.29, 0.717) is 17.1 Å². The molecule has 0 radical (unpaired) electrons. The number of pyridine rings is 1. The van der Waals surface area contributed by atoms with Crippen LogP contribution in [0.5, 0.6) is 0 Å². The number of nitrogens with zero attached hydrogens (tertiary/aromatic N) is 3. The number of benzene rings is 2. The Morgan fingerprint density at radius 2 is 1.81 bits per heavy atom. The van der Waals surface area contributed by atoms with Crippen molar-refractivity contribution in [3.63, 3.8) is 0 Å². The maximum Gasteiger partial charge on any atom is 0.153 e. The van der Waals surface area contributed by atoms with E-state index in [1.807, 2.05) is 37.3 Å². The van der Waals surface area contributed by atoms with Crippen LogP contribution in [0.1, 0.15) is 16.8 Å². The number of hydrogen-bond donors (Lipinski definition) is 1. The number of fused-ring (bicyclic) bond motifs is 1. The molecule has 0 spiro atoms. The Hall–Kier alpha value is -2.89. The summed E-state index contributed by atoms with van der Waals surface area (Å²) in [5, 5.41) is 4.98. The number of rotatable bonds is 4. The molecule has 5 rings (SSSR count). The minimum atomic E-state index is -0.178. The molecule has 2 aromatic heterocycles. The standard InChI is InChI=1S/C25H24ClFN4/c1-17-18(6-5-9-21(17)27)16-22-23(30-14-12-28-13-15-30)20-10-11-29-25(26)24(20)31(22)19-7-3-2-4-8-19/h2-11,28H,12-16H2,1H3. The Morgan fingerprint density at radius 3 is 2.58 bits per heavy atom. The zero-order valence-electron chi connectivity index (χ0n) is 17.4. The Bertz CT molecular complexity index is 1230. The van der Waals surface area contributed by atoms with E-state index >= 15 is 0 Å². The van der Waals surface area contributed by atoms with Gasteiger partial charge in [-0.3, -0.25) is 0 Å². The lowest BCUT2D eigenvalue weighted by atomic mass is 10.0. The van der Waals surface area contributed by atoms with Crippen molar-refractivity contribution in [2.75, 3.05) is 31.1 Å². The summed E-state index contributed by atoms with van der Waals surface area (Å²) in [6, 6.07) is 17.5. The van der Waals surface area contributed by atoms with Crippen molar-refractivity contribution in [1.29, 1.82) is 0 Å². The first kappa shape index (κ1) is 20.0. The summed E-state index contributed by atoms with van der Waals surface area (Å²) in [6.45, 7) is 5.51. The minimum absolute atomic E-state index is 0.178. The molecule has 31 heavy (non-hydrogen) atoms. The van der Waals surface area contributed by atoms with Gasteiger partial charge < -0.3 is 14.8 Å². The SMILES string of the molecule is Cc1c(F)cccc1Cc1c(N2CCNCC2)c2ccnc(Cl)c2n1-c1ccccc1. The number of aromatic nitrogens is 2. The van der Waals surface area contributed by atoms with Gasteiger partial charge in [0.05, 0.1) is 16.9 Å². The van der Waals surface area contributed by atoms with Crippen molar-refractivity contribution < 1.29 is 4.39 Å². The number of anilines is 1. The van der Waals surface area contributed by atoms with Crippen molar-refractivity contribution in [3.05, 3.63) is 88.6 Å². The van der Waals surface area contributed by atoms with Crippen LogP contribution in [0.25, 0.3) is 16.6 Å². The Balaban J connectivity index is 1.82. The third-order valence-electron chi connectivity index (χ3n) is 6.09. The fourth-order valence-corrected chi connectivity index (χ4v) is 4.76. The normalized spacial score (nSPS) is 14.4. The molecule has 158 valence electrons. The van der Waals surface area contributed by atoms with Crippen LogP contribution in [-0.2, 0) is 6.42 Å². The van der Waals surface area contributed by atoms with E-state index in [4.69, 9.17) is 11.6 Å². The van der Waals surface area contributed by atoms with Crippen LogP contribution < -0.4 is 10.2 Å². The van der Waals surface area contributed by atoms with Gasteiger partial charge in [-0.05, 0) is 42.3 Å². The summed E-state index contributed by atoms with van der Waals surface area (Å²) in [7, 11) is 0. The minimum Gasteiger partial charge on any atom is -0.367 e. The monoisotopic (exact) mass is 434 g/mol. The second-order valence-electron chi connectivity index (χ2n) is 7.90. The fraction of sp³-hybridized carbons (Fsp3) is 0.240. The van der Waals surface area contributed by atoms with Crippen molar-refractivity contribution in [2.45, 2.75) is 13.3 Å². The number of piperazine rings is 1. The van der Waals surface area contributed by atoms with Crippen LogP contribution in [0.2, 0.25) is 5.15 Å². The highest BCUT2D eigenvalue weighted by Gasteiger charge is 2.26. The van der Waals surface area contributed by atoms with Crippen LogP contribution in [-0.4, -0.2) is 35.7 Å². The summed E-state index contributed by atoms with van der Waals surface area (Å²) in [6.07, 6.45) is 2.37. The first-order chi connectivity index (χ1) is 15.1. The third-order valence-corrected chi connectivity index (χ3v) is 6.36. The average Bonchev–Trinajstić information content (AvgIpc) is 3.13. The third kappa shape index (κ3) is 3.58. The van der Waals surface area contributed by atoms with E-state index in [9.17, 15) is 4.39 Å². The van der Waals surface area contributed by atoms with Gasteiger partial charge in [-0.15, -0.1) is 0 Å². The van der Waals surface area contributed by atoms with Gasteiger partial charge in [-0.1, -0.05) is 41.9 Å². The van der Waals surface area contributed by atoms with Crippen molar-refractivity contribution in [3.8, 4) is 5.69 Å². The lowest BCUT2D eigenvalue weighted by Crippen LogP contribution is -2.43. The van der Waals surface area contributed by atoms with E-state index in [0.717, 1.165) is 59.7 Å². The van der Waals surface area contributed by atoms with Crippen LogP contribution in [0.15, 0.2) is 60.8 Å². The molecule has 0 aliphatic carbocycles. The molecule has 2 aromatic carbocycles. The summed E-state index contributed by atoms with van der Waals surface area (Å²) >= 11 is 6.67. The topological polar surface area (TPSA) is 33.1 Å². The average molecular weight is 435 g/mol. The quantitative estimate of drug-likeness (QED) is 0.452. The molecular weight excluding hydrogens is 411 g/mol. The molecule has 3 heterocycles. The summed E-state index contributed by atoms with van der Waals surface area (Å²) in [4.78, 5) is 6.80. The highest BCUT2D eigenvalue weighted by molar-refractivity contribution is 6.34. The van der Waals surface area contributed by atoms with Gasteiger partial charge in [0.25, 0.3) is 0 Å². The number of hydrogen-bond acceptors (Lipinski definition) is 3. The van der Waals surface area contributed by atoms with Gasteiger partial charge in [-0.25, -0.2) is 9.37 Å². The second-order valence-corrected chi connectivity index (χ2v) is 8.26. The molecule has 0 bridgehead atoms. The summed E-state index contributed by atoms with van der Waals surface area (Å²) in [5.74, 6) is -0.178. The molecule has 1 N–H and O–H groups in total.